The van der Waals surface area contributed by atoms with Crippen LogP contribution in [-0.2, 0) is 22.4 Å². The summed E-state index contributed by atoms with van der Waals surface area (Å²) in [4.78, 5) is 41.4. The molecule has 0 spiro atoms. The minimum absolute atomic E-state index is 0.107. The van der Waals surface area contributed by atoms with Gasteiger partial charge in [0.2, 0.25) is 0 Å². The largest absolute Gasteiger partial charge is 0.450 e. The smallest absolute Gasteiger partial charge is 0.287 e. The van der Waals surface area contributed by atoms with Crippen LogP contribution in [0.2, 0.25) is 0 Å². The maximum absolute atomic E-state index is 13.4. The van der Waals surface area contributed by atoms with Crippen molar-refractivity contribution >= 4 is 22.8 Å². The van der Waals surface area contributed by atoms with E-state index in [0.29, 0.717) is 43.7 Å². The standard InChI is InChI=1S/C28H33N3O6/c1-2-20-24(32)21-10-6-7-11-23(21)37-26(20)28(35)30-22(18-19-8-4-3-5-9-19)25(33)27(34)29-12-13-31-14-16-36-17-15-31/h3-11,22,25,33H,2,12-18H2,1H3,(H,29,34)(H,30,35)/t22-,25+/m0/s1. The Morgan fingerprint density at radius 1 is 1.05 bits per heavy atom. The lowest BCUT2D eigenvalue weighted by Gasteiger charge is -2.27. The zero-order valence-corrected chi connectivity index (χ0v) is 20.9. The number of nitrogens with one attached hydrogen (secondary N) is 2. The van der Waals surface area contributed by atoms with Crippen molar-refractivity contribution in [1.29, 1.82) is 0 Å². The fourth-order valence-electron chi connectivity index (χ4n) is 4.48. The molecule has 1 aliphatic rings. The van der Waals surface area contributed by atoms with Crippen molar-refractivity contribution in [2.45, 2.75) is 31.9 Å². The summed E-state index contributed by atoms with van der Waals surface area (Å²) in [6.45, 7) is 5.68. The first kappa shape index (κ1) is 26.5. The van der Waals surface area contributed by atoms with Crippen LogP contribution in [0.15, 0.2) is 63.8 Å². The Balaban J connectivity index is 1.52. The van der Waals surface area contributed by atoms with Crippen molar-refractivity contribution in [3.05, 3.63) is 81.7 Å². The van der Waals surface area contributed by atoms with Crippen LogP contribution >= 0.6 is 0 Å². The summed E-state index contributed by atoms with van der Waals surface area (Å²) in [6.07, 6.45) is -1.00. The van der Waals surface area contributed by atoms with Crippen molar-refractivity contribution in [3.8, 4) is 0 Å². The molecule has 2 aromatic carbocycles. The highest BCUT2D eigenvalue weighted by molar-refractivity contribution is 5.95. The summed E-state index contributed by atoms with van der Waals surface area (Å²) in [5.41, 5.74) is 1.12. The number of rotatable bonds is 10. The molecule has 3 N–H and O–H groups in total. The minimum Gasteiger partial charge on any atom is -0.450 e. The SMILES string of the molecule is CCc1c(C(=O)N[C@@H](Cc2ccccc2)[C@@H](O)C(=O)NCCN2CCOCC2)oc2ccccc2c1=O. The third kappa shape index (κ3) is 6.62. The fraction of sp³-hybridized carbons (Fsp3) is 0.393. The lowest BCUT2D eigenvalue weighted by molar-refractivity contribution is -0.130. The molecule has 9 nitrogen and oxygen atoms in total. The molecule has 196 valence electrons. The van der Waals surface area contributed by atoms with E-state index in [4.69, 9.17) is 9.15 Å². The molecule has 0 bridgehead atoms. The summed E-state index contributed by atoms with van der Waals surface area (Å²) in [5, 5.41) is 16.9. The van der Waals surface area contributed by atoms with E-state index in [0.717, 1.165) is 18.7 Å². The molecule has 0 aliphatic carbocycles. The monoisotopic (exact) mass is 507 g/mol. The van der Waals surface area contributed by atoms with Crippen LogP contribution < -0.4 is 16.1 Å². The molecule has 0 radical (unpaired) electrons. The van der Waals surface area contributed by atoms with Gasteiger partial charge in [0.25, 0.3) is 11.8 Å². The zero-order chi connectivity index (χ0) is 26.2. The number of carbonyl (C=O) groups excluding carboxylic acids is 2. The second kappa shape index (κ2) is 12.6. The van der Waals surface area contributed by atoms with E-state index in [1.54, 1.807) is 31.2 Å². The van der Waals surface area contributed by atoms with Crippen molar-refractivity contribution < 1.29 is 23.8 Å². The molecular weight excluding hydrogens is 474 g/mol. The summed E-state index contributed by atoms with van der Waals surface area (Å²) in [7, 11) is 0. The molecule has 0 unspecified atom stereocenters. The van der Waals surface area contributed by atoms with Gasteiger partial charge in [-0.3, -0.25) is 19.3 Å². The van der Waals surface area contributed by atoms with Gasteiger partial charge in [0.05, 0.1) is 24.6 Å². The number of amides is 2. The Labute approximate surface area is 215 Å². The van der Waals surface area contributed by atoms with Crippen LogP contribution in [0.5, 0.6) is 0 Å². The van der Waals surface area contributed by atoms with Gasteiger partial charge in [-0.15, -0.1) is 0 Å². The van der Waals surface area contributed by atoms with E-state index in [9.17, 15) is 19.5 Å². The zero-order valence-electron chi connectivity index (χ0n) is 20.9. The lowest BCUT2D eigenvalue weighted by Crippen LogP contribution is -2.53. The molecule has 2 heterocycles. The number of nitrogens with zero attached hydrogens (tertiary/aromatic N) is 1. The predicted molar refractivity (Wildman–Crippen MR) is 140 cm³/mol. The van der Waals surface area contributed by atoms with Gasteiger partial charge in [0.1, 0.15) is 5.58 Å². The van der Waals surface area contributed by atoms with E-state index in [2.05, 4.69) is 15.5 Å². The highest BCUT2D eigenvalue weighted by atomic mass is 16.5. The van der Waals surface area contributed by atoms with Gasteiger partial charge in [0.15, 0.2) is 17.3 Å². The summed E-state index contributed by atoms with van der Waals surface area (Å²) in [5.74, 6) is -1.34. The van der Waals surface area contributed by atoms with E-state index in [-0.39, 0.29) is 23.2 Å². The van der Waals surface area contributed by atoms with E-state index < -0.39 is 24.0 Å². The molecular formula is C28H33N3O6. The van der Waals surface area contributed by atoms with E-state index in [1.807, 2.05) is 30.3 Å². The topological polar surface area (TPSA) is 121 Å². The van der Waals surface area contributed by atoms with Crippen LogP contribution in [0.1, 0.15) is 28.6 Å². The molecule has 2 amide bonds. The van der Waals surface area contributed by atoms with Gasteiger partial charge in [0, 0.05) is 31.7 Å². The van der Waals surface area contributed by atoms with Gasteiger partial charge in [-0.1, -0.05) is 49.4 Å². The van der Waals surface area contributed by atoms with Crippen LogP contribution in [0.4, 0.5) is 0 Å². The number of hydrogen-bond donors (Lipinski definition) is 3. The molecule has 4 rings (SSSR count). The number of ether oxygens (including phenoxy) is 1. The minimum atomic E-state index is -1.51. The number of morpholine rings is 1. The highest BCUT2D eigenvalue weighted by Crippen LogP contribution is 2.17. The van der Waals surface area contributed by atoms with Gasteiger partial charge >= 0.3 is 0 Å². The quantitative estimate of drug-likeness (QED) is 0.380. The maximum Gasteiger partial charge on any atom is 0.287 e. The first-order valence-corrected chi connectivity index (χ1v) is 12.6. The number of fused-ring (bicyclic) bond motifs is 1. The Bertz CT molecular complexity index is 1270. The van der Waals surface area contributed by atoms with Gasteiger partial charge in [-0.05, 0) is 30.5 Å². The van der Waals surface area contributed by atoms with E-state index in [1.165, 1.54) is 0 Å². The number of benzene rings is 2. The summed E-state index contributed by atoms with van der Waals surface area (Å²) >= 11 is 0. The number of aliphatic hydroxyl groups is 1. The molecule has 1 fully saturated rings. The average molecular weight is 508 g/mol. The molecule has 3 aromatic rings. The van der Waals surface area contributed by atoms with Crippen molar-refractivity contribution in [3.63, 3.8) is 0 Å². The molecule has 1 aliphatic heterocycles. The summed E-state index contributed by atoms with van der Waals surface area (Å²) < 4.78 is 11.2. The number of para-hydroxylation sites is 1. The second-order valence-electron chi connectivity index (χ2n) is 9.05. The van der Waals surface area contributed by atoms with E-state index >= 15 is 0 Å². The molecule has 0 saturated carbocycles. The molecule has 37 heavy (non-hydrogen) atoms. The lowest BCUT2D eigenvalue weighted by atomic mass is 10.00. The Kier molecular flexibility index (Phi) is 9.05. The normalized spacial score (nSPS) is 15.7. The van der Waals surface area contributed by atoms with Crippen LogP contribution in [0.3, 0.4) is 0 Å². The Hall–Kier alpha value is -3.53. The van der Waals surface area contributed by atoms with Crippen LogP contribution in [-0.4, -0.2) is 73.4 Å². The van der Waals surface area contributed by atoms with Crippen LogP contribution in [0.25, 0.3) is 11.0 Å². The Morgan fingerprint density at radius 3 is 2.49 bits per heavy atom. The predicted octanol–water partition coefficient (Wildman–Crippen LogP) is 1.51. The van der Waals surface area contributed by atoms with Crippen molar-refractivity contribution in [2.75, 3.05) is 39.4 Å². The maximum atomic E-state index is 13.4. The molecule has 9 heteroatoms. The third-order valence-electron chi connectivity index (χ3n) is 6.55. The first-order chi connectivity index (χ1) is 18.0. The number of carbonyl (C=O) groups is 2. The second-order valence-corrected chi connectivity index (χ2v) is 9.05. The van der Waals surface area contributed by atoms with Gasteiger partial charge in [-0.2, -0.15) is 0 Å². The number of aliphatic hydroxyl groups excluding tert-OH is 1. The molecule has 2 atom stereocenters. The number of hydrogen-bond acceptors (Lipinski definition) is 7. The van der Waals surface area contributed by atoms with Crippen LogP contribution in [0, 0.1) is 0 Å². The summed E-state index contributed by atoms with van der Waals surface area (Å²) in [6, 6.07) is 15.1. The molecule has 1 aromatic heterocycles. The van der Waals surface area contributed by atoms with Crippen molar-refractivity contribution in [2.24, 2.45) is 0 Å². The van der Waals surface area contributed by atoms with Gasteiger partial charge in [-0.25, -0.2) is 0 Å². The average Bonchev–Trinajstić information content (AvgIpc) is 2.93. The molecule has 1 saturated heterocycles. The first-order valence-electron chi connectivity index (χ1n) is 12.6. The highest BCUT2D eigenvalue weighted by Gasteiger charge is 2.30. The van der Waals surface area contributed by atoms with Crippen molar-refractivity contribution in [1.82, 2.24) is 15.5 Å². The third-order valence-corrected chi connectivity index (χ3v) is 6.55. The fourth-order valence-corrected chi connectivity index (χ4v) is 4.48. The van der Waals surface area contributed by atoms with Gasteiger partial charge < -0.3 is 24.9 Å². The Morgan fingerprint density at radius 2 is 1.76 bits per heavy atom.